The van der Waals surface area contributed by atoms with Gasteiger partial charge in [-0.25, -0.2) is 9.59 Å². The number of carbonyl (C=O) groups is 3. The lowest BCUT2D eigenvalue weighted by molar-refractivity contribution is -0.145. The van der Waals surface area contributed by atoms with Crippen LogP contribution >= 0.6 is 0 Å². The lowest BCUT2D eigenvalue weighted by atomic mass is 9.92. The molecule has 1 aromatic rings. The second kappa shape index (κ2) is 12.6. The Morgan fingerprint density at radius 2 is 1.66 bits per heavy atom. The first-order valence-corrected chi connectivity index (χ1v) is 16.9. The monoisotopic (exact) mass is 582 g/mol. The van der Waals surface area contributed by atoms with Crippen LogP contribution in [0, 0.1) is 17.8 Å². The van der Waals surface area contributed by atoms with Crippen LogP contribution in [0.25, 0.3) is 0 Å². The van der Waals surface area contributed by atoms with E-state index in [4.69, 9.17) is 9.16 Å². The molecule has 0 aliphatic heterocycles. The molecule has 8 heteroatoms. The van der Waals surface area contributed by atoms with Crippen molar-refractivity contribution in [2.24, 2.45) is 17.8 Å². The predicted molar refractivity (Wildman–Crippen MR) is 166 cm³/mol. The van der Waals surface area contributed by atoms with Crippen molar-refractivity contribution in [1.29, 1.82) is 0 Å². The summed E-state index contributed by atoms with van der Waals surface area (Å²) in [4.78, 5) is 40.7. The molecule has 4 atom stereocenters. The topological polar surface area (TPSA) is 93.7 Å². The molecule has 1 aromatic carbocycles. The maximum atomic E-state index is 14.1. The molecule has 3 unspecified atom stereocenters. The van der Waals surface area contributed by atoms with E-state index in [0.717, 1.165) is 18.0 Å². The maximum Gasteiger partial charge on any atom is 0.394 e. The van der Waals surface area contributed by atoms with Gasteiger partial charge in [0.25, 0.3) is 8.32 Å². The highest BCUT2D eigenvalue weighted by Gasteiger charge is 2.65. The van der Waals surface area contributed by atoms with Crippen LogP contribution in [0.1, 0.15) is 73.8 Å². The highest BCUT2D eigenvalue weighted by atomic mass is 28.4. The number of hydrogen-bond acceptors (Lipinski definition) is 5. The summed E-state index contributed by atoms with van der Waals surface area (Å²) < 4.78 is 11.6. The minimum atomic E-state index is -2.74. The van der Waals surface area contributed by atoms with Gasteiger partial charge in [0.1, 0.15) is 11.6 Å². The first kappa shape index (κ1) is 32.6. The van der Waals surface area contributed by atoms with Gasteiger partial charge in [0.2, 0.25) is 5.91 Å². The first-order chi connectivity index (χ1) is 19.1. The van der Waals surface area contributed by atoms with Crippen LogP contribution in [0.5, 0.6) is 0 Å². The zero-order valence-electron chi connectivity index (χ0n) is 26.4. The molecule has 0 spiro atoms. The molecule has 0 radical (unpaired) electrons. The molecule has 0 bridgehead atoms. The molecule has 2 aliphatic rings. The SMILES string of the molecule is COC(=O)[C@H](Cc1ccccc1)NC(=O)C1(NC(=O)O[Si](CC(C)C)(C(C)(C)C)C(C)(C)C)CC1C1C=CC=CC1. The molecule has 7 nitrogen and oxygen atoms in total. The number of methoxy groups -OCH3 is 1. The third-order valence-electron chi connectivity index (χ3n) is 8.73. The average Bonchev–Trinajstić information content (AvgIpc) is 3.62. The molecule has 41 heavy (non-hydrogen) atoms. The van der Waals surface area contributed by atoms with Gasteiger partial charge in [0.05, 0.1) is 7.11 Å². The average molecular weight is 583 g/mol. The third-order valence-corrected chi connectivity index (χ3v) is 15.5. The molecule has 0 heterocycles. The van der Waals surface area contributed by atoms with Gasteiger partial charge in [-0.2, -0.15) is 0 Å². The summed E-state index contributed by atoms with van der Waals surface area (Å²) in [6.07, 6.45) is 9.15. The fourth-order valence-corrected chi connectivity index (χ4v) is 12.4. The predicted octanol–water partition coefficient (Wildman–Crippen LogP) is 6.71. The van der Waals surface area contributed by atoms with Crippen molar-refractivity contribution in [3.8, 4) is 0 Å². The van der Waals surface area contributed by atoms with Gasteiger partial charge in [-0.1, -0.05) is 110 Å². The molecule has 2 aliphatic carbocycles. The van der Waals surface area contributed by atoms with Crippen molar-refractivity contribution >= 4 is 26.3 Å². The number of benzene rings is 1. The van der Waals surface area contributed by atoms with Gasteiger partial charge >= 0.3 is 12.1 Å². The van der Waals surface area contributed by atoms with Crippen molar-refractivity contribution in [2.75, 3.05) is 7.11 Å². The normalized spacial score (nSPS) is 23.1. The quantitative estimate of drug-likeness (QED) is 0.236. The lowest BCUT2D eigenvalue weighted by Gasteiger charge is -2.50. The number of carbonyl (C=O) groups excluding carboxylic acids is 3. The molecule has 2 N–H and O–H groups in total. The molecule has 2 amide bonds. The molecule has 0 aromatic heterocycles. The van der Waals surface area contributed by atoms with E-state index in [-0.39, 0.29) is 34.2 Å². The minimum Gasteiger partial charge on any atom is -0.502 e. The van der Waals surface area contributed by atoms with Gasteiger partial charge in [-0.3, -0.25) is 4.79 Å². The Morgan fingerprint density at radius 3 is 2.17 bits per heavy atom. The van der Waals surface area contributed by atoms with Crippen LogP contribution in [0.2, 0.25) is 16.1 Å². The molecule has 226 valence electrons. The summed E-state index contributed by atoms with van der Waals surface area (Å²) in [6, 6.07) is 9.43. The van der Waals surface area contributed by atoms with Gasteiger partial charge in [0, 0.05) is 12.3 Å². The summed E-state index contributed by atoms with van der Waals surface area (Å²) in [5.74, 6) is -0.578. The molecule has 3 rings (SSSR count). The van der Waals surface area contributed by atoms with Crippen LogP contribution in [-0.2, 0) is 25.2 Å². The summed E-state index contributed by atoms with van der Waals surface area (Å²) in [6.45, 7) is 17.3. The fraction of sp³-hybridized carbons (Fsp3) is 0.606. The Bertz CT molecular complexity index is 1130. The lowest BCUT2D eigenvalue weighted by Crippen LogP contribution is -2.60. The van der Waals surface area contributed by atoms with E-state index in [1.807, 2.05) is 42.5 Å². The summed E-state index contributed by atoms with van der Waals surface area (Å²) in [5.41, 5.74) is -0.273. The highest BCUT2D eigenvalue weighted by Crippen LogP contribution is 2.56. The number of esters is 1. The number of ether oxygens (including phenoxy) is 1. The van der Waals surface area contributed by atoms with Crippen molar-refractivity contribution in [3.05, 3.63) is 60.2 Å². The molecule has 1 saturated carbocycles. The van der Waals surface area contributed by atoms with Gasteiger partial charge in [-0.15, -0.1) is 0 Å². The van der Waals surface area contributed by atoms with Gasteiger partial charge in [-0.05, 0) is 46.4 Å². The second-order valence-corrected chi connectivity index (χ2v) is 19.4. The van der Waals surface area contributed by atoms with E-state index < -0.39 is 32.0 Å². The first-order valence-electron chi connectivity index (χ1n) is 14.8. The Labute approximate surface area is 247 Å². The third kappa shape index (κ3) is 7.32. The number of nitrogens with one attached hydrogen (secondary N) is 2. The highest BCUT2D eigenvalue weighted by molar-refractivity contribution is 6.80. The van der Waals surface area contributed by atoms with Crippen molar-refractivity contribution in [3.63, 3.8) is 0 Å². The molecular formula is C33H50N2O5Si. The van der Waals surface area contributed by atoms with Crippen LogP contribution in [0.15, 0.2) is 54.6 Å². The Balaban J connectivity index is 1.92. The van der Waals surface area contributed by atoms with E-state index in [0.29, 0.717) is 12.3 Å². The van der Waals surface area contributed by atoms with Crippen molar-refractivity contribution in [2.45, 2.75) is 102 Å². The zero-order valence-corrected chi connectivity index (χ0v) is 27.4. The van der Waals surface area contributed by atoms with Crippen LogP contribution in [0.3, 0.4) is 0 Å². The van der Waals surface area contributed by atoms with Crippen LogP contribution in [-0.4, -0.2) is 45.0 Å². The van der Waals surface area contributed by atoms with Gasteiger partial charge < -0.3 is 19.8 Å². The maximum absolute atomic E-state index is 14.1. The Morgan fingerprint density at radius 1 is 1.02 bits per heavy atom. The number of rotatable bonds is 10. The Hall–Kier alpha value is -2.87. The largest absolute Gasteiger partial charge is 0.502 e. The number of hydrogen-bond donors (Lipinski definition) is 2. The van der Waals surface area contributed by atoms with Crippen LogP contribution < -0.4 is 10.6 Å². The van der Waals surface area contributed by atoms with Crippen molar-refractivity contribution < 1.29 is 23.5 Å². The van der Waals surface area contributed by atoms with Gasteiger partial charge in [0.15, 0.2) is 0 Å². The number of amides is 2. The van der Waals surface area contributed by atoms with E-state index in [9.17, 15) is 14.4 Å². The van der Waals surface area contributed by atoms with Crippen molar-refractivity contribution in [1.82, 2.24) is 10.6 Å². The smallest absolute Gasteiger partial charge is 0.394 e. The molecule has 0 saturated heterocycles. The molecule has 1 fully saturated rings. The number of allylic oxidation sites excluding steroid dienone is 4. The Kier molecular flexibility index (Phi) is 9.99. The standard InChI is InChI=1S/C33H50N2O5Si/c1-23(2)22-41(31(3,4)5,32(6,7)8)40-30(38)35-33(21-26(33)25-18-14-11-15-19-25)29(37)34-27(28(36)39-9)20-24-16-12-10-13-17-24/h10-18,23,25-27H,19-22H2,1-9H3,(H,34,37)(H,35,38)/t25?,26?,27-,33?/m0/s1. The van der Waals surface area contributed by atoms with Crippen LogP contribution in [0.4, 0.5) is 4.79 Å². The second-order valence-electron chi connectivity index (χ2n) is 14.2. The van der Waals surface area contributed by atoms with E-state index in [2.05, 4.69) is 78.2 Å². The molecular weight excluding hydrogens is 532 g/mol. The fourth-order valence-electron chi connectivity index (χ4n) is 6.66. The van der Waals surface area contributed by atoms with E-state index in [1.165, 1.54) is 7.11 Å². The summed E-state index contributed by atoms with van der Waals surface area (Å²) in [7, 11) is -1.43. The summed E-state index contributed by atoms with van der Waals surface area (Å²) >= 11 is 0. The van der Waals surface area contributed by atoms with E-state index in [1.54, 1.807) is 0 Å². The minimum absolute atomic E-state index is 0.0969. The zero-order chi connectivity index (χ0) is 30.6. The summed E-state index contributed by atoms with van der Waals surface area (Å²) in [5, 5.41) is 5.54. The van der Waals surface area contributed by atoms with E-state index >= 15 is 0 Å².